The molecule has 1 heterocycles. The van der Waals surface area contributed by atoms with Crippen LogP contribution in [0.5, 0.6) is 0 Å². The average molecular weight is 175 g/mol. The fourth-order valence-corrected chi connectivity index (χ4v) is 1.43. The molecule has 0 bridgehead atoms. The van der Waals surface area contributed by atoms with Gasteiger partial charge in [0.15, 0.2) is 0 Å². The van der Waals surface area contributed by atoms with Crippen LogP contribution in [0.25, 0.3) is 5.57 Å². The van der Waals surface area contributed by atoms with Crippen LogP contribution >= 0.6 is 0 Å². The Bertz CT molecular complexity index is 366. The van der Waals surface area contributed by atoms with Crippen LogP contribution in [0.2, 0.25) is 0 Å². The molecule has 0 saturated carbocycles. The summed E-state index contributed by atoms with van der Waals surface area (Å²) < 4.78 is 13.3. The van der Waals surface area contributed by atoms with Crippen LogP contribution in [0.1, 0.15) is 12.0 Å². The second-order valence-corrected chi connectivity index (χ2v) is 2.98. The topological polar surface area (TPSA) is 12.4 Å². The van der Waals surface area contributed by atoms with Crippen LogP contribution in [0, 0.1) is 5.82 Å². The van der Waals surface area contributed by atoms with Crippen molar-refractivity contribution in [3.63, 3.8) is 0 Å². The first-order valence-electron chi connectivity index (χ1n) is 4.32. The van der Waals surface area contributed by atoms with Gasteiger partial charge in [0, 0.05) is 18.3 Å². The average Bonchev–Trinajstić information content (AvgIpc) is 2.20. The lowest BCUT2D eigenvalue weighted by Gasteiger charge is -2.09. The number of rotatable bonds is 1. The van der Waals surface area contributed by atoms with Crippen LogP contribution in [-0.2, 0) is 0 Å². The molecule has 66 valence electrons. The van der Waals surface area contributed by atoms with E-state index in [1.807, 2.05) is 12.1 Å². The highest BCUT2D eigenvalue weighted by molar-refractivity contribution is 5.86. The summed E-state index contributed by atoms with van der Waals surface area (Å²) >= 11 is 0. The fraction of sp³-hybridized carbons (Fsp3) is 0.182. The van der Waals surface area contributed by atoms with Crippen molar-refractivity contribution in [2.75, 3.05) is 6.54 Å². The fourth-order valence-electron chi connectivity index (χ4n) is 1.43. The molecule has 0 spiro atoms. The molecule has 0 atom stereocenters. The zero-order valence-electron chi connectivity index (χ0n) is 7.20. The molecule has 2 rings (SSSR count). The minimum Gasteiger partial charge on any atom is -0.293 e. The highest BCUT2D eigenvalue weighted by atomic mass is 19.1. The third-order valence-corrected chi connectivity index (χ3v) is 2.11. The number of halogens is 1. The Labute approximate surface area is 76.6 Å². The quantitative estimate of drug-likeness (QED) is 0.622. The van der Waals surface area contributed by atoms with Gasteiger partial charge in [-0.15, -0.1) is 0 Å². The first-order valence-corrected chi connectivity index (χ1v) is 4.32. The van der Waals surface area contributed by atoms with Crippen LogP contribution in [0.3, 0.4) is 0 Å². The van der Waals surface area contributed by atoms with Crippen molar-refractivity contribution in [1.82, 2.24) is 0 Å². The minimum atomic E-state index is -0.149. The maximum atomic E-state index is 13.3. The zero-order valence-corrected chi connectivity index (χ0v) is 7.20. The molecule has 1 aromatic carbocycles. The van der Waals surface area contributed by atoms with Crippen molar-refractivity contribution >= 4 is 11.8 Å². The molecule has 0 saturated heterocycles. The van der Waals surface area contributed by atoms with Gasteiger partial charge in [0.25, 0.3) is 0 Å². The molecule has 0 amide bonds. The van der Waals surface area contributed by atoms with Gasteiger partial charge >= 0.3 is 0 Å². The van der Waals surface area contributed by atoms with E-state index in [0.717, 1.165) is 18.5 Å². The van der Waals surface area contributed by atoms with Gasteiger partial charge in [-0.3, -0.25) is 4.99 Å². The van der Waals surface area contributed by atoms with Gasteiger partial charge in [-0.1, -0.05) is 18.2 Å². The Hall–Kier alpha value is -1.44. The Kier molecular flexibility index (Phi) is 2.21. The summed E-state index contributed by atoms with van der Waals surface area (Å²) in [6.07, 6.45) is 4.45. The van der Waals surface area contributed by atoms with Crippen LogP contribution in [-0.4, -0.2) is 12.8 Å². The van der Waals surface area contributed by atoms with Gasteiger partial charge in [-0.2, -0.15) is 0 Å². The standard InChI is InChI=1S/C11H10FN/c12-11-4-2-1-3-10(11)9-5-7-13-8-6-9/h1-5,7H,6,8H2. The summed E-state index contributed by atoms with van der Waals surface area (Å²) in [4.78, 5) is 4.06. The number of nitrogens with zero attached hydrogens (tertiary/aromatic N) is 1. The lowest BCUT2D eigenvalue weighted by Crippen LogP contribution is -1.96. The zero-order chi connectivity index (χ0) is 9.10. The smallest absolute Gasteiger partial charge is 0.130 e. The third kappa shape index (κ3) is 1.66. The van der Waals surface area contributed by atoms with E-state index < -0.39 is 0 Å². The molecule has 0 N–H and O–H groups in total. The van der Waals surface area contributed by atoms with Crippen molar-refractivity contribution in [3.05, 3.63) is 41.7 Å². The number of aliphatic imine (C=N–C) groups is 1. The van der Waals surface area contributed by atoms with Crippen molar-refractivity contribution in [2.24, 2.45) is 4.99 Å². The highest BCUT2D eigenvalue weighted by Gasteiger charge is 2.07. The van der Waals surface area contributed by atoms with Crippen LogP contribution < -0.4 is 0 Å². The largest absolute Gasteiger partial charge is 0.293 e. The lowest BCUT2D eigenvalue weighted by molar-refractivity contribution is 0.623. The molecule has 1 nitrogen and oxygen atoms in total. The van der Waals surface area contributed by atoms with E-state index in [9.17, 15) is 4.39 Å². The predicted molar refractivity (Wildman–Crippen MR) is 52.4 cm³/mol. The Balaban J connectivity index is 2.40. The van der Waals surface area contributed by atoms with E-state index in [-0.39, 0.29) is 5.82 Å². The van der Waals surface area contributed by atoms with E-state index in [2.05, 4.69) is 4.99 Å². The van der Waals surface area contributed by atoms with Gasteiger partial charge in [-0.25, -0.2) is 4.39 Å². The van der Waals surface area contributed by atoms with Crippen molar-refractivity contribution < 1.29 is 4.39 Å². The molecule has 13 heavy (non-hydrogen) atoms. The number of benzene rings is 1. The third-order valence-electron chi connectivity index (χ3n) is 2.11. The van der Waals surface area contributed by atoms with Crippen molar-refractivity contribution in [3.8, 4) is 0 Å². The molecule has 0 aromatic heterocycles. The normalized spacial score (nSPS) is 15.6. The molecular weight excluding hydrogens is 165 g/mol. The molecule has 0 aliphatic carbocycles. The molecule has 2 heteroatoms. The predicted octanol–water partition coefficient (Wildman–Crippen LogP) is 2.68. The molecule has 1 aliphatic heterocycles. The minimum absolute atomic E-state index is 0.149. The van der Waals surface area contributed by atoms with E-state index >= 15 is 0 Å². The van der Waals surface area contributed by atoms with Gasteiger partial charge in [-0.05, 0) is 24.1 Å². The SMILES string of the molecule is Fc1ccccc1C1=CC=NCC1. The van der Waals surface area contributed by atoms with E-state index in [0.29, 0.717) is 5.56 Å². The van der Waals surface area contributed by atoms with Gasteiger partial charge in [0.2, 0.25) is 0 Å². The van der Waals surface area contributed by atoms with Crippen molar-refractivity contribution in [2.45, 2.75) is 6.42 Å². The number of hydrogen-bond donors (Lipinski definition) is 0. The first-order chi connectivity index (χ1) is 6.38. The Morgan fingerprint density at radius 1 is 1.23 bits per heavy atom. The van der Waals surface area contributed by atoms with Crippen LogP contribution in [0.15, 0.2) is 35.3 Å². The maximum absolute atomic E-state index is 13.3. The maximum Gasteiger partial charge on any atom is 0.130 e. The molecule has 0 radical (unpaired) electrons. The number of hydrogen-bond acceptors (Lipinski definition) is 1. The lowest BCUT2D eigenvalue weighted by atomic mass is 10.0. The molecule has 1 aliphatic rings. The second-order valence-electron chi connectivity index (χ2n) is 2.98. The molecule has 1 aromatic rings. The number of allylic oxidation sites excluding steroid dienone is 1. The van der Waals surface area contributed by atoms with Crippen molar-refractivity contribution in [1.29, 1.82) is 0 Å². The molecule has 0 unspecified atom stereocenters. The Morgan fingerprint density at radius 2 is 2.08 bits per heavy atom. The van der Waals surface area contributed by atoms with E-state index in [1.165, 1.54) is 6.07 Å². The van der Waals surface area contributed by atoms with E-state index in [1.54, 1.807) is 18.3 Å². The van der Waals surface area contributed by atoms with Crippen LogP contribution in [0.4, 0.5) is 4.39 Å². The monoisotopic (exact) mass is 175 g/mol. The summed E-state index contributed by atoms with van der Waals surface area (Å²) in [7, 11) is 0. The summed E-state index contributed by atoms with van der Waals surface area (Å²) in [5.41, 5.74) is 1.74. The van der Waals surface area contributed by atoms with E-state index in [4.69, 9.17) is 0 Å². The first kappa shape index (κ1) is 8.17. The summed E-state index contributed by atoms with van der Waals surface area (Å²) in [5.74, 6) is -0.149. The summed E-state index contributed by atoms with van der Waals surface area (Å²) in [6, 6.07) is 6.85. The number of dihydropyridines is 1. The molecule has 0 fully saturated rings. The summed E-state index contributed by atoms with van der Waals surface area (Å²) in [6.45, 7) is 0.764. The highest BCUT2D eigenvalue weighted by Crippen LogP contribution is 2.22. The molecular formula is C11H10FN. The van der Waals surface area contributed by atoms with Gasteiger partial charge < -0.3 is 0 Å². The van der Waals surface area contributed by atoms with Gasteiger partial charge in [0.1, 0.15) is 5.82 Å². The van der Waals surface area contributed by atoms with Gasteiger partial charge in [0.05, 0.1) is 0 Å². The Morgan fingerprint density at radius 3 is 2.77 bits per heavy atom. The summed E-state index contributed by atoms with van der Waals surface area (Å²) in [5, 5.41) is 0. The second kappa shape index (κ2) is 3.52.